The molecule has 6 aromatic rings. The summed E-state index contributed by atoms with van der Waals surface area (Å²) in [5.41, 5.74) is 5.13. The number of fused-ring (bicyclic) bond motifs is 1. The second-order valence-corrected chi connectivity index (χ2v) is 8.14. The minimum absolute atomic E-state index is 0.796. The second-order valence-electron chi connectivity index (χ2n) is 8.14. The molecule has 162 valence electrons. The predicted molar refractivity (Wildman–Crippen MR) is 139 cm³/mol. The Morgan fingerprint density at radius 1 is 0.529 bits per heavy atom. The van der Waals surface area contributed by atoms with Gasteiger partial charge in [-0.3, -0.25) is 0 Å². The molecule has 34 heavy (non-hydrogen) atoms. The molecule has 0 spiro atoms. The third-order valence-electron chi connectivity index (χ3n) is 5.92. The van der Waals surface area contributed by atoms with Crippen LogP contribution in [0.15, 0.2) is 127 Å². The molecular weight excluding hydrogens is 416 g/mol. The summed E-state index contributed by atoms with van der Waals surface area (Å²) in [6.45, 7) is 0. The SMILES string of the molecule is c1ccc(Oc2ccc(-c3[nH]c(-c4cccc5ccccc45)nc3-c3ccccc3)cc2)cc1. The summed E-state index contributed by atoms with van der Waals surface area (Å²) in [6.07, 6.45) is 0. The molecule has 0 atom stereocenters. The topological polar surface area (TPSA) is 37.9 Å². The van der Waals surface area contributed by atoms with Crippen molar-refractivity contribution in [1.82, 2.24) is 9.97 Å². The summed E-state index contributed by atoms with van der Waals surface area (Å²) in [5, 5.41) is 2.37. The van der Waals surface area contributed by atoms with Gasteiger partial charge in [-0.25, -0.2) is 4.98 Å². The average Bonchev–Trinajstić information content (AvgIpc) is 3.35. The Kier molecular flexibility index (Phi) is 5.13. The van der Waals surface area contributed by atoms with Gasteiger partial charge in [0.15, 0.2) is 0 Å². The first-order valence-corrected chi connectivity index (χ1v) is 11.3. The number of nitrogens with zero attached hydrogens (tertiary/aromatic N) is 1. The molecule has 0 radical (unpaired) electrons. The van der Waals surface area contributed by atoms with Crippen LogP contribution in [-0.4, -0.2) is 9.97 Å². The van der Waals surface area contributed by atoms with Crippen LogP contribution in [0.4, 0.5) is 0 Å². The van der Waals surface area contributed by atoms with Gasteiger partial charge in [0.05, 0.1) is 11.4 Å². The van der Waals surface area contributed by atoms with Crippen molar-refractivity contribution in [1.29, 1.82) is 0 Å². The number of ether oxygens (including phenoxy) is 1. The zero-order valence-corrected chi connectivity index (χ0v) is 18.5. The Morgan fingerprint density at radius 2 is 1.18 bits per heavy atom. The number of nitrogens with one attached hydrogen (secondary N) is 1. The molecule has 0 unspecified atom stereocenters. The van der Waals surface area contributed by atoms with Crippen molar-refractivity contribution in [3.05, 3.63) is 127 Å². The lowest BCUT2D eigenvalue weighted by Crippen LogP contribution is -1.86. The number of H-pyrrole nitrogens is 1. The van der Waals surface area contributed by atoms with Crippen LogP contribution >= 0.6 is 0 Å². The van der Waals surface area contributed by atoms with Gasteiger partial charge >= 0.3 is 0 Å². The highest BCUT2D eigenvalue weighted by Gasteiger charge is 2.16. The van der Waals surface area contributed by atoms with E-state index < -0.39 is 0 Å². The molecule has 1 aromatic heterocycles. The highest BCUT2D eigenvalue weighted by atomic mass is 16.5. The summed E-state index contributed by atoms with van der Waals surface area (Å²) < 4.78 is 5.98. The predicted octanol–water partition coefficient (Wildman–Crippen LogP) is 8.36. The second kappa shape index (κ2) is 8.72. The maximum atomic E-state index is 5.98. The lowest BCUT2D eigenvalue weighted by Gasteiger charge is -2.07. The van der Waals surface area contributed by atoms with Crippen LogP contribution in [0.1, 0.15) is 0 Å². The Hall–Kier alpha value is -4.63. The van der Waals surface area contributed by atoms with Gasteiger partial charge in [-0.1, -0.05) is 91.0 Å². The number of hydrogen-bond acceptors (Lipinski definition) is 2. The molecule has 3 heteroatoms. The van der Waals surface area contributed by atoms with Crippen LogP contribution in [0.25, 0.3) is 44.7 Å². The van der Waals surface area contributed by atoms with E-state index in [-0.39, 0.29) is 0 Å². The third-order valence-corrected chi connectivity index (χ3v) is 5.92. The molecule has 1 heterocycles. The highest BCUT2D eigenvalue weighted by molar-refractivity contribution is 5.96. The first-order valence-electron chi connectivity index (χ1n) is 11.3. The summed E-state index contributed by atoms with van der Waals surface area (Å²) in [6, 6.07) is 43.0. The molecular formula is C31H22N2O. The first kappa shape index (κ1) is 20.0. The summed E-state index contributed by atoms with van der Waals surface area (Å²) in [5.74, 6) is 2.47. The average molecular weight is 439 g/mol. The zero-order valence-electron chi connectivity index (χ0n) is 18.5. The van der Waals surface area contributed by atoms with Crippen LogP contribution in [0.5, 0.6) is 11.5 Å². The molecule has 0 aliphatic carbocycles. The van der Waals surface area contributed by atoms with Crippen LogP contribution < -0.4 is 4.74 Å². The van der Waals surface area contributed by atoms with Crippen molar-refractivity contribution in [2.24, 2.45) is 0 Å². The number of para-hydroxylation sites is 1. The van der Waals surface area contributed by atoms with Crippen LogP contribution in [0.3, 0.4) is 0 Å². The molecule has 0 aliphatic rings. The van der Waals surface area contributed by atoms with E-state index in [0.29, 0.717) is 0 Å². The van der Waals surface area contributed by atoms with Crippen molar-refractivity contribution >= 4 is 10.8 Å². The van der Waals surface area contributed by atoms with Gasteiger partial charge in [-0.2, -0.15) is 0 Å². The Balaban J connectivity index is 1.44. The van der Waals surface area contributed by atoms with Crippen molar-refractivity contribution in [3.8, 4) is 45.4 Å². The van der Waals surface area contributed by atoms with Crippen molar-refractivity contribution in [2.45, 2.75) is 0 Å². The molecule has 0 fully saturated rings. The van der Waals surface area contributed by atoms with Crippen LogP contribution in [0.2, 0.25) is 0 Å². The monoisotopic (exact) mass is 438 g/mol. The maximum Gasteiger partial charge on any atom is 0.139 e. The van der Waals surface area contributed by atoms with Crippen molar-refractivity contribution in [2.75, 3.05) is 0 Å². The Bertz CT molecular complexity index is 1550. The Morgan fingerprint density at radius 3 is 1.97 bits per heavy atom. The van der Waals surface area contributed by atoms with Gasteiger partial charge in [0.2, 0.25) is 0 Å². The minimum Gasteiger partial charge on any atom is -0.457 e. The fourth-order valence-corrected chi connectivity index (χ4v) is 4.26. The largest absolute Gasteiger partial charge is 0.457 e. The lowest BCUT2D eigenvalue weighted by molar-refractivity contribution is 0.483. The molecule has 0 bridgehead atoms. The van der Waals surface area contributed by atoms with Gasteiger partial charge in [0, 0.05) is 16.7 Å². The van der Waals surface area contributed by atoms with Crippen LogP contribution in [0, 0.1) is 0 Å². The van der Waals surface area contributed by atoms with E-state index in [1.165, 1.54) is 10.8 Å². The molecule has 0 aliphatic heterocycles. The molecule has 0 saturated heterocycles. The number of hydrogen-bond donors (Lipinski definition) is 1. The van der Waals surface area contributed by atoms with E-state index in [1.54, 1.807) is 0 Å². The van der Waals surface area contributed by atoms with Gasteiger partial charge in [-0.05, 0) is 47.2 Å². The van der Waals surface area contributed by atoms with Gasteiger partial charge in [0.1, 0.15) is 17.3 Å². The van der Waals surface area contributed by atoms with E-state index in [0.717, 1.165) is 45.4 Å². The molecule has 3 nitrogen and oxygen atoms in total. The van der Waals surface area contributed by atoms with Crippen LogP contribution in [-0.2, 0) is 0 Å². The standard InChI is InChI=1S/C31H22N2O/c1-3-11-23(12-4-1)29-30(24-18-20-26(21-19-24)34-25-14-5-2-6-15-25)33-31(32-29)28-17-9-13-22-10-7-8-16-27(22)28/h1-21H,(H,32,33). The highest BCUT2D eigenvalue weighted by Crippen LogP contribution is 2.36. The van der Waals surface area contributed by atoms with E-state index in [4.69, 9.17) is 9.72 Å². The lowest BCUT2D eigenvalue weighted by atomic mass is 10.0. The maximum absolute atomic E-state index is 5.98. The molecule has 6 rings (SSSR count). The van der Waals surface area contributed by atoms with E-state index in [9.17, 15) is 0 Å². The smallest absolute Gasteiger partial charge is 0.139 e. The van der Waals surface area contributed by atoms with E-state index in [1.807, 2.05) is 60.7 Å². The van der Waals surface area contributed by atoms with Crippen molar-refractivity contribution < 1.29 is 4.74 Å². The minimum atomic E-state index is 0.796. The number of imidazole rings is 1. The molecule has 0 amide bonds. The first-order chi connectivity index (χ1) is 16.8. The summed E-state index contributed by atoms with van der Waals surface area (Å²) in [4.78, 5) is 8.70. The quantitative estimate of drug-likeness (QED) is 0.294. The number of benzene rings is 5. The number of aromatic nitrogens is 2. The molecule has 0 saturated carbocycles. The fraction of sp³-hybridized carbons (Fsp3) is 0. The van der Waals surface area contributed by atoms with E-state index >= 15 is 0 Å². The number of rotatable bonds is 5. The van der Waals surface area contributed by atoms with Gasteiger partial charge < -0.3 is 9.72 Å². The van der Waals surface area contributed by atoms with E-state index in [2.05, 4.69) is 71.7 Å². The van der Waals surface area contributed by atoms with Gasteiger partial charge in [0.25, 0.3) is 0 Å². The normalized spacial score (nSPS) is 10.9. The fourth-order valence-electron chi connectivity index (χ4n) is 4.26. The third kappa shape index (κ3) is 3.84. The molecule has 1 N–H and O–H groups in total. The van der Waals surface area contributed by atoms with Gasteiger partial charge in [-0.15, -0.1) is 0 Å². The molecule has 5 aromatic carbocycles. The Labute approximate surface area is 198 Å². The van der Waals surface area contributed by atoms with Crippen molar-refractivity contribution in [3.63, 3.8) is 0 Å². The summed E-state index contributed by atoms with van der Waals surface area (Å²) in [7, 11) is 0. The zero-order chi connectivity index (χ0) is 22.7. The summed E-state index contributed by atoms with van der Waals surface area (Å²) >= 11 is 0. The number of aromatic amines is 1.